The van der Waals surface area contributed by atoms with Crippen molar-refractivity contribution in [3.63, 3.8) is 0 Å². The molecule has 2 saturated carbocycles. The lowest BCUT2D eigenvalue weighted by Gasteiger charge is -2.42. The average Bonchev–Trinajstić information content (AvgIpc) is 2.94. The highest BCUT2D eigenvalue weighted by Gasteiger charge is 2.46. The molecular weight excluding hydrogens is 274 g/mol. The Kier molecular flexibility index (Phi) is 5.27. The molecule has 2 aliphatic rings. The highest BCUT2D eigenvalue weighted by Crippen LogP contribution is 2.50. The lowest BCUT2D eigenvalue weighted by molar-refractivity contribution is 0.245. The van der Waals surface area contributed by atoms with Crippen LogP contribution < -0.4 is 5.73 Å². The Morgan fingerprint density at radius 1 is 1.29 bits per heavy atom. The second kappa shape index (κ2) is 6.33. The van der Waals surface area contributed by atoms with Crippen molar-refractivity contribution in [1.29, 1.82) is 0 Å². The maximum absolute atomic E-state index is 6.44. The van der Waals surface area contributed by atoms with E-state index in [2.05, 4.69) is 60.1 Å². The van der Waals surface area contributed by atoms with Gasteiger partial charge in [0, 0.05) is 18.6 Å². The predicted octanol–water partition coefficient (Wildman–Crippen LogP) is 4.16. The van der Waals surface area contributed by atoms with Crippen LogP contribution in [0.2, 0.25) is 18.1 Å². The Morgan fingerprint density at radius 3 is 2.52 bits per heavy atom. The Hall–Kier alpha value is 0.137. The second-order valence-corrected chi connectivity index (χ2v) is 12.6. The fraction of sp³-hybridized carbons (Fsp3) is 0.722. The van der Waals surface area contributed by atoms with Gasteiger partial charge in [-0.15, -0.1) is 0 Å². The summed E-state index contributed by atoms with van der Waals surface area (Å²) in [7, 11) is -1.69. The van der Waals surface area contributed by atoms with E-state index >= 15 is 0 Å². The van der Waals surface area contributed by atoms with Crippen molar-refractivity contribution >= 4 is 8.32 Å². The summed E-state index contributed by atoms with van der Waals surface area (Å²) >= 11 is 0. The molecule has 0 aliphatic heterocycles. The topological polar surface area (TPSA) is 35.2 Å². The molecular formula is C18H32NOSi. The predicted molar refractivity (Wildman–Crippen MR) is 92.4 cm³/mol. The number of fused-ring (bicyclic) bond motifs is 1. The normalized spacial score (nSPS) is 28.6. The van der Waals surface area contributed by atoms with E-state index in [-0.39, 0.29) is 6.04 Å². The van der Waals surface area contributed by atoms with Crippen LogP contribution >= 0.6 is 0 Å². The first-order chi connectivity index (χ1) is 9.67. The van der Waals surface area contributed by atoms with Gasteiger partial charge in [0.2, 0.25) is 0 Å². The van der Waals surface area contributed by atoms with E-state index in [0.717, 1.165) is 19.4 Å². The Bertz CT molecular complexity index is 353. The number of hydrogen-bond acceptors (Lipinski definition) is 2. The average molecular weight is 307 g/mol. The van der Waals surface area contributed by atoms with Gasteiger partial charge in [-0.05, 0) is 68.0 Å². The minimum Gasteiger partial charge on any atom is -0.417 e. The Morgan fingerprint density at radius 2 is 1.90 bits per heavy atom. The molecule has 119 valence electrons. The summed E-state index contributed by atoms with van der Waals surface area (Å²) in [6.45, 7) is 14.9. The van der Waals surface area contributed by atoms with Crippen molar-refractivity contribution in [2.75, 3.05) is 6.61 Å². The Labute approximate surface area is 133 Å². The first-order valence-corrected chi connectivity index (χ1v) is 11.2. The minimum atomic E-state index is -1.69. The van der Waals surface area contributed by atoms with Crippen LogP contribution in [-0.2, 0) is 4.43 Å². The molecule has 0 saturated heterocycles. The van der Waals surface area contributed by atoms with E-state index in [1.165, 1.54) is 11.8 Å². The third-order valence-electron chi connectivity index (χ3n) is 6.19. The first-order valence-electron chi connectivity index (χ1n) is 8.32. The van der Waals surface area contributed by atoms with E-state index in [1.807, 2.05) is 0 Å². The van der Waals surface area contributed by atoms with Crippen molar-refractivity contribution in [1.82, 2.24) is 0 Å². The second-order valence-electron chi connectivity index (χ2n) is 8.00. The number of rotatable bonds is 6. The molecule has 3 heteroatoms. The van der Waals surface area contributed by atoms with Gasteiger partial charge in [0.1, 0.15) is 0 Å². The lowest BCUT2D eigenvalue weighted by atomic mass is 9.90. The van der Waals surface area contributed by atoms with Crippen molar-refractivity contribution in [3.8, 4) is 0 Å². The van der Waals surface area contributed by atoms with Crippen LogP contribution in [0.3, 0.4) is 0 Å². The number of nitrogens with two attached hydrogens (primary N) is 1. The molecule has 5 radical (unpaired) electrons. The molecule has 0 spiro atoms. The highest BCUT2D eigenvalue weighted by molar-refractivity contribution is 6.74. The largest absolute Gasteiger partial charge is 0.417 e. The van der Waals surface area contributed by atoms with Gasteiger partial charge in [0.15, 0.2) is 8.32 Å². The molecule has 2 nitrogen and oxygen atoms in total. The zero-order valence-electron chi connectivity index (χ0n) is 14.6. The van der Waals surface area contributed by atoms with E-state index in [0.29, 0.717) is 16.9 Å². The zero-order valence-corrected chi connectivity index (χ0v) is 15.6. The van der Waals surface area contributed by atoms with Gasteiger partial charge >= 0.3 is 0 Å². The summed E-state index contributed by atoms with van der Waals surface area (Å²) in [6, 6.07) is 0.234. The third-order valence-corrected chi connectivity index (χ3v) is 10.8. The van der Waals surface area contributed by atoms with Crippen LogP contribution in [-0.4, -0.2) is 21.0 Å². The molecule has 0 bridgehead atoms. The number of hydrogen-bond donors (Lipinski definition) is 1. The van der Waals surface area contributed by atoms with Gasteiger partial charge < -0.3 is 10.2 Å². The molecule has 2 rings (SSSR count). The SMILES string of the molecule is CC(C)C(C)(C)[Si](C)(C)OCC[C@@H]1C[C@@H](N)[C]2[CH][CH][CH][C]21. The van der Waals surface area contributed by atoms with Gasteiger partial charge in [0.05, 0.1) is 0 Å². The maximum atomic E-state index is 6.44. The summed E-state index contributed by atoms with van der Waals surface area (Å²) in [5.41, 5.74) is 6.22. The summed E-state index contributed by atoms with van der Waals surface area (Å²) < 4.78 is 6.44. The van der Waals surface area contributed by atoms with E-state index < -0.39 is 8.32 Å². The fourth-order valence-corrected chi connectivity index (χ4v) is 5.72. The molecule has 0 aromatic carbocycles. The monoisotopic (exact) mass is 306 g/mol. The minimum absolute atomic E-state index is 0.234. The standard InChI is InChI=1S/C18H32NOSi/c1-13(2)18(3,4)21(5,6)20-11-10-14-12-17(19)16-9-7-8-15(14)16/h7-9,13-14,17H,10-12,19H2,1-6H3/t14-,17-/m1/s1. The van der Waals surface area contributed by atoms with Crippen LogP contribution in [0, 0.1) is 42.9 Å². The molecule has 2 fully saturated rings. The van der Waals surface area contributed by atoms with Crippen molar-refractivity contribution < 1.29 is 4.43 Å². The molecule has 2 N–H and O–H groups in total. The zero-order chi connectivity index (χ0) is 15.8. The highest BCUT2D eigenvalue weighted by atomic mass is 28.4. The molecule has 2 atom stereocenters. The molecule has 0 heterocycles. The molecule has 0 amide bonds. The van der Waals surface area contributed by atoms with E-state index in [9.17, 15) is 0 Å². The van der Waals surface area contributed by atoms with Gasteiger partial charge in [-0.25, -0.2) is 0 Å². The molecule has 0 aromatic heterocycles. The van der Waals surface area contributed by atoms with E-state index in [4.69, 9.17) is 10.2 Å². The summed E-state index contributed by atoms with van der Waals surface area (Å²) in [5.74, 6) is 4.07. The Balaban J connectivity index is 1.84. The molecule has 21 heavy (non-hydrogen) atoms. The van der Waals surface area contributed by atoms with Gasteiger partial charge in [-0.2, -0.15) is 0 Å². The van der Waals surface area contributed by atoms with Crippen LogP contribution in [0.5, 0.6) is 0 Å². The maximum Gasteiger partial charge on any atom is 0.192 e. The van der Waals surface area contributed by atoms with Gasteiger partial charge in [-0.1, -0.05) is 27.7 Å². The van der Waals surface area contributed by atoms with Crippen molar-refractivity contribution in [3.05, 3.63) is 31.1 Å². The van der Waals surface area contributed by atoms with Crippen molar-refractivity contribution in [2.45, 2.75) is 64.7 Å². The van der Waals surface area contributed by atoms with Crippen LogP contribution in [0.4, 0.5) is 0 Å². The summed E-state index contributed by atoms with van der Waals surface area (Å²) in [4.78, 5) is 0. The molecule has 0 unspecified atom stereocenters. The smallest absolute Gasteiger partial charge is 0.192 e. The van der Waals surface area contributed by atoms with Crippen LogP contribution in [0.15, 0.2) is 0 Å². The molecule has 0 aromatic rings. The summed E-state index contributed by atoms with van der Waals surface area (Å²) in [6.07, 6.45) is 8.76. The van der Waals surface area contributed by atoms with Gasteiger partial charge in [0.25, 0.3) is 0 Å². The lowest BCUT2D eigenvalue weighted by Crippen LogP contribution is -2.45. The van der Waals surface area contributed by atoms with Gasteiger partial charge in [-0.3, -0.25) is 0 Å². The third kappa shape index (κ3) is 3.40. The quantitative estimate of drug-likeness (QED) is 0.748. The summed E-state index contributed by atoms with van der Waals surface area (Å²) in [5, 5.41) is 0.296. The van der Waals surface area contributed by atoms with E-state index in [1.54, 1.807) is 0 Å². The van der Waals surface area contributed by atoms with Crippen LogP contribution in [0.1, 0.15) is 40.5 Å². The van der Waals surface area contributed by atoms with Crippen molar-refractivity contribution in [2.24, 2.45) is 17.6 Å². The fourth-order valence-electron chi connectivity index (χ4n) is 3.33. The first kappa shape index (κ1) is 17.5. The molecule has 2 aliphatic carbocycles. The van der Waals surface area contributed by atoms with Crippen LogP contribution in [0.25, 0.3) is 0 Å².